The first-order chi connectivity index (χ1) is 7.87. The van der Waals surface area contributed by atoms with Crippen LogP contribution in [0.15, 0.2) is 11.8 Å². The average molecular weight is 258 g/mol. The van der Waals surface area contributed by atoms with Gasteiger partial charge in [-0.15, -0.1) is 0 Å². The zero-order valence-corrected chi connectivity index (χ0v) is 12.3. The molecular weight excluding hydrogens is 236 g/mol. The van der Waals surface area contributed by atoms with Gasteiger partial charge in [-0.2, -0.15) is 0 Å². The van der Waals surface area contributed by atoms with E-state index >= 15 is 0 Å². The number of methoxy groups -OCH3 is 2. The number of esters is 1. The first-order valence-electron chi connectivity index (χ1n) is 5.87. The Kier molecular flexibility index (Phi) is 4.77. The van der Waals surface area contributed by atoms with Gasteiger partial charge in [0.2, 0.25) is 8.32 Å². The minimum atomic E-state index is -1.58. The molecule has 1 rings (SSSR count). The fourth-order valence-corrected chi connectivity index (χ4v) is 2.92. The molecule has 0 amide bonds. The second kappa shape index (κ2) is 5.69. The molecule has 0 aromatic heterocycles. The van der Waals surface area contributed by atoms with E-state index < -0.39 is 8.32 Å². The highest BCUT2D eigenvalue weighted by Gasteiger charge is 2.33. The van der Waals surface area contributed by atoms with E-state index in [1.54, 1.807) is 7.11 Å². The minimum absolute atomic E-state index is 0.208. The highest BCUT2D eigenvalue weighted by Crippen LogP contribution is 2.29. The molecule has 0 N–H and O–H groups in total. The number of allylic oxidation sites excluding steroid dienone is 1. The molecule has 0 heterocycles. The van der Waals surface area contributed by atoms with Crippen LogP contribution in [0, 0.1) is 5.92 Å². The summed E-state index contributed by atoms with van der Waals surface area (Å²) >= 11 is 0. The number of hydrogen-bond donors (Lipinski definition) is 0. The molecule has 0 fully saturated rings. The number of ether oxygens (including phenoxy) is 2. The normalized spacial score (nSPS) is 25.1. The van der Waals surface area contributed by atoms with E-state index in [9.17, 15) is 4.79 Å². The van der Waals surface area contributed by atoms with Crippen molar-refractivity contribution in [2.75, 3.05) is 14.2 Å². The maximum Gasteiger partial charge on any atom is 0.311 e. The molecule has 5 heteroatoms. The molecule has 0 radical (unpaired) electrons. The van der Waals surface area contributed by atoms with Gasteiger partial charge in [-0.05, 0) is 32.1 Å². The highest BCUT2D eigenvalue weighted by atomic mass is 28.4. The van der Waals surface area contributed by atoms with Crippen LogP contribution >= 0.6 is 0 Å². The first-order valence-corrected chi connectivity index (χ1v) is 9.28. The van der Waals surface area contributed by atoms with Crippen molar-refractivity contribution < 1.29 is 18.7 Å². The predicted octanol–water partition coefficient (Wildman–Crippen LogP) is 2.32. The third-order valence-electron chi connectivity index (χ3n) is 2.66. The number of rotatable bonds is 4. The van der Waals surface area contributed by atoms with Crippen molar-refractivity contribution in [2.24, 2.45) is 5.92 Å². The van der Waals surface area contributed by atoms with Crippen molar-refractivity contribution in [2.45, 2.75) is 38.6 Å². The zero-order valence-electron chi connectivity index (χ0n) is 11.3. The fourth-order valence-electron chi connectivity index (χ4n) is 1.96. The summed E-state index contributed by atoms with van der Waals surface area (Å²) in [4.78, 5) is 11.6. The zero-order chi connectivity index (χ0) is 13.1. The van der Waals surface area contributed by atoms with Crippen molar-refractivity contribution in [1.29, 1.82) is 0 Å². The summed E-state index contributed by atoms with van der Waals surface area (Å²) in [5, 5.41) is 0. The van der Waals surface area contributed by atoms with Gasteiger partial charge in [0, 0.05) is 13.5 Å². The van der Waals surface area contributed by atoms with Gasteiger partial charge in [0.25, 0.3) is 0 Å². The van der Waals surface area contributed by atoms with Crippen LogP contribution in [0.2, 0.25) is 19.6 Å². The molecule has 0 saturated carbocycles. The molecule has 0 bridgehead atoms. The van der Waals surface area contributed by atoms with Gasteiger partial charge in [-0.25, -0.2) is 0 Å². The van der Waals surface area contributed by atoms with Crippen molar-refractivity contribution >= 4 is 14.3 Å². The molecule has 1 aliphatic rings. The molecule has 98 valence electrons. The number of hydrogen-bond acceptors (Lipinski definition) is 4. The first kappa shape index (κ1) is 14.2. The fraction of sp³-hybridized carbons (Fsp3) is 0.750. The topological polar surface area (TPSA) is 44.8 Å². The lowest BCUT2D eigenvalue weighted by atomic mass is 9.90. The Morgan fingerprint density at radius 2 is 2.00 bits per heavy atom. The molecular formula is C12H22O4Si. The highest BCUT2D eigenvalue weighted by molar-refractivity contribution is 6.70. The van der Waals surface area contributed by atoms with E-state index in [0.29, 0.717) is 0 Å². The molecule has 0 aliphatic heterocycles. The van der Waals surface area contributed by atoms with Crippen molar-refractivity contribution in [1.82, 2.24) is 0 Å². The van der Waals surface area contributed by atoms with Crippen molar-refractivity contribution in [3.63, 3.8) is 0 Å². The summed E-state index contributed by atoms with van der Waals surface area (Å²) in [5.74, 6) is 0.537. The van der Waals surface area contributed by atoms with E-state index in [0.717, 1.165) is 18.6 Å². The van der Waals surface area contributed by atoms with Crippen LogP contribution in [-0.4, -0.2) is 34.6 Å². The van der Waals surface area contributed by atoms with Crippen LogP contribution in [0.5, 0.6) is 0 Å². The molecule has 0 unspecified atom stereocenters. The molecule has 0 saturated heterocycles. The molecule has 1 aliphatic carbocycles. The number of carbonyl (C=O) groups excluding carboxylic acids is 1. The van der Waals surface area contributed by atoms with Crippen LogP contribution in [0.1, 0.15) is 12.8 Å². The molecule has 0 aromatic carbocycles. The van der Waals surface area contributed by atoms with Crippen molar-refractivity contribution in [3.8, 4) is 0 Å². The Bertz CT molecular complexity index is 306. The average Bonchev–Trinajstić information content (AvgIpc) is 2.25. The van der Waals surface area contributed by atoms with Gasteiger partial charge in [0.05, 0.1) is 24.9 Å². The summed E-state index contributed by atoms with van der Waals surface area (Å²) in [6, 6.07) is 0. The quantitative estimate of drug-likeness (QED) is 0.573. The van der Waals surface area contributed by atoms with Gasteiger partial charge in [-0.1, -0.05) is 0 Å². The standard InChI is InChI=1S/C12H22O4Si/c1-14-11-8-9(16-17(3,4)5)6-7-10(11)12(13)15-2/h8,10-11H,6-7H2,1-5H3/t10-,11-/m1/s1. The van der Waals surface area contributed by atoms with Crippen LogP contribution < -0.4 is 0 Å². The lowest BCUT2D eigenvalue weighted by molar-refractivity contribution is -0.149. The lowest BCUT2D eigenvalue weighted by Gasteiger charge is -2.30. The second-order valence-corrected chi connectivity index (χ2v) is 9.64. The second-order valence-electron chi connectivity index (χ2n) is 5.22. The Hall–Kier alpha value is -0.813. The third-order valence-corrected chi connectivity index (χ3v) is 3.54. The van der Waals surface area contributed by atoms with E-state index in [4.69, 9.17) is 13.9 Å². The Balaban J connectivity index is 2.75. The summed E-state index contributed by atoms with van der Waals surface area (Å²) in [5.41, 5.74) is 0. The van der Waals surface area contributed by atoms with Gasteiger partial charge in [0.15, 0.2) is 0 Å². The maximum atomic E-state index is 11.6. The van der Waals surface area contributed by atoms with E-state index in [1.165, 1.54) is 7.11 Å². The summed E-state index contributed by atoms with van der Waals surface area (Å²) in [6.45, 7) is 6.42. The van der Waals surface area contributed by atoms with Gasteiger partial charge in [-0.3, -0.25) is 4.79 Å². The Morgan fingerprint density at radius 1 is 1.35 bits per heavy atom. The monoisotopic (exact) mass is 258 g/mol. The van der Waals surface area contributed by atoms with E-state index in [2.05, 4.69) is 19.6 Å². The Labute approximate surface area is 104 Å². The smallest absolute Gasteiger partial charge is 0.311 e. The SMILES string of the molecule is COC(=O)[C@@H]1CCC(O[Si](C)(C)C)=C[C@H]1OC. The largest absolute Gasteiger partial charge is 0.547 e. The Morgan fingerprint density at radius 3 is 2.47 bits per heavy atom. The minimum Gasteiger partial charge on any atom is -0.547 e. The summed E-state index contributed by atoms with van der Waals surface area (Å²) < 4.78 is 16.0. The van der Waals surface area contributed by atoms with Gasteiger partial charge in [0.1, 0.15) is 0 Å². The van der Waals surface area contributed by atoms with E-state index in [1.807, 2.05) is 6.08 Å². The predicted molar refractivity (Wildman–Crippen MR) is 68.1 cm³/mol. The number of carbonyl (C=O) groups is 1. The molecule has 0 spiro atoms. The molecule has 0 aromatic rings. The lowest BCUT2D eigenvalue weighted by Crippen LogP contribution is -2.34. The van der Waals surface area contributed by atoms with E-state index in [-0.39, 0.29) is 18.0 Å². The van der Waals surface area contributed by atoms with Crippen LogP contribution in [0.3, 0.4) is 0 Å². The molecule has 2 atom stereocenters. The maximum absolute atomic E-state index is 11.6. The van der Waals surface area contributed by atoms with Gasteiger partial charge >= 0.3 is 5.97 Å². The summed E-state index contributed by atoms with van der Waals surface area (Å²) in [6.07, 6.45) is 3.19. The molecule has 4 nitrogen and oxygen atoms in total. The summed E-state index contributed by atoms with van der Waals surface area (Å²) in [7, 11) is 1.43. The van der Waals surface area contributed by atoms with Crippen LogP contribution in [0.25, 0.3) is 0 Å². The van der Waals surface area contributed by atoms with Crippen molar-refractivity contribution in [3.05, 3.63) is 11.8 Å². The van der Waals surface area contributed by atoms with Crippen LogP contribution in [-0.2, 0) is 18.7 Å². The molecule has 17 heavy (non-hydrogen) atoms. The van der Waals surface area contributed by atoms with Gasteiger partial charge < -0.3 is 13.9 Å². The third kappa shape index (κ3) is 4.16. The van der Waals surface area contributed by atoms with Crippen LogP contribution in [0.4, 0.5) is 0 Å².